The lowest BCUT2D eigenvalue weighted by atomic mass is 10.0. The number of nitrogens with one attached hydrogen (secondary N) is 1. The highest BCUT2D eigenvalue weighted by Gasteiger charge is 2.44. The van der Waals surface area contributed by atoms with Gasteiger partial charge in [0, 0.05) is 13.1 Å². The van der Waals surface area contributed by atoms with Crippen molar-refractivity contribution in [3.8, 4) is 17.2 Å². The quantitative estimate of drug-likeness (QED) is 0.375. The molecule has 10 heteroatoms. The van der Waals surface area contributed by atoms with Crippen molar-refractivity contribution in [1.29, 1.82) is 0 Å². The van der Waals surface area contributed by atoms with Crippen LogP contribution in [-0.4, -0.2) is 44.6 Å². The first kappa shape index (κ1) is 25.3. The minimum absolute atomic E-state index is 0.160. The molecule has 0 spiro atoms. The maximum Gasteiger partial charge on any atom is 0.203 e. The molecule has 0 bridgehead atoms. The van der Waals surface area contributed by atoms with E-state index in [9.17, 15) is 17.5 Å². The Morgan fingerprint density at radius 2 is 1.57 bits per heavy atom. The van der Waals surface area contributed by atoms with Crippen LogP contribution in [0.4, 0.5) is 0 Å². The molecule has 1 atom stereocenters. The Bertz CT molecular complexity index is 1290. The SMILES string of the molecule is COc1cc(CNCc2cccc3c2C(S(=O)(=O)c2ccccc2)CS3(O)O)cc(OC)c1OC. The smallest absolute Gasteiger partial charge is 0.203 e. The molecule has 3 N–H and O–H groups in total. The Morgan fingerprint density at radius 3 is 2.17 bits per heavy atom. The van der Waals surface area contributed by atoms with Gasteiger partial charge in [-0.25, -0.2) is 8.42 Å². The predicted octanol–water partition coefficient (Wildman–Crippen LogP) is 4.64. The zero-order chi connectivity index (χ0) is 25.2. The highest BCUT2D eigenvalue weighted by Crippen LogP contribution is 2.62. The summed E-state index contributed by atoms with van der Waals surface area (Å²) < 4.78 is 64.6. The summed E-state index contributed by atoms with van der Waals surface area (Å²) in [7, 11) is -2.41. The van der Waals surface area contributed by atoms with Gasteiger partial charge in [-0.1, -0.05) is 30.3 Å². The third-order valence-corrected chi connectivity index (χ3v) is 10.2. The summed E-state index contributed by atoms with van der Waals surface area (Å²) in [5, 5.41) is 2.29. The molecule has 3 aromatic rings. The van der Waals surface area contributed by atoms with E-state index in [2.05, 4.69) is 5.32 Å². The van der Waals surface area contributed by atoms with E-state index < -0.39 is 25.7 Å². The lowest BCUT2D eigenvalue weighted by Crippen LogP contribution is -2.19. The zero-order valence-electron chi connectivity index (χ0n) is 19.7. The second kappa shape index (κ2) is 10.1. The molecule has 1 aliphatic heterocycles. The van der Waals surface area contributed by atoms with Gasteiger partial charge < -0.3 is 19.5 Å². The predicted molar refractivity (Wildman–Crippen MR) is 135 cm³/mol. The monoisotopic (exact) mass is 519 g/mol. The summed E-state index contributed by atoms with van der Waals surface area (Å²) in [6, 6.07) is 16.9. The first-order valence-corrected chi connectivity index (χ1v) is 14.2. The first-order valence-electron chi connectivity index (χ1n) is 10.9. The summed E-state index contributed by atoms with van der Waals surface area (Å²) >= 11 is 0. The molecule has 0 fully saturated rings. The van der Waals surface area contributed by atoms with Crippen LogP contribution in [0.15, 0.2) is 70.5 Å². The number of rotatable bonds is 9. The lowest BCUT2D eigenvalue weighted by Gasteiger charge is -2.27. The van der Waals surface area contributed by atoms with E-state index >= 15 is 0 Å². The molecule has 0 saturated carbocycles. The van der Waals surface area contributed by atoms with Crippen molar-refractivity contribution in [2.24, 2.45) is 0 Å². The van der Waals surface area contributed by atoms with Crippen molar-refractivity contribution in [1.82, 2.24) is 5.32 Å². The van der Waals surface area contributed by atoms with Gasteiger partial charge in [-0.2, -0.15) is 10.6 Å². The Morgan fingerprint density at radius 1 is 0.914 bits per heavy atom. The molecule has 188 valence electrons. The van der Waals surface area contributed by atoms with Gasteiger partial charge in [0.2, 0.25) is 5.75 Å². The molecule has 0 aromatic heterocycles. The van der Waals surface area contributed by atoms with Crippen LogP contribution in [0.1, 0.15) is 21.9 Å². The van der Waals surface area contributed by atoms with E-state index in [1.165, 1.54) is 12.1 Å². The van der Waals surface area contributed by atoms with E-state index in [4.69, 9.17) is 14.2 Å². The summed E-state index contributed by atoms with van der Waals surface area (Å²) in [6.07, 6.45) is 0. The summed E-state index contributed by atoms with van der Waals surface area (Å²) in [6.45, 7) is 0.767. The molecule has 35 heavy (non-hydrogen) atoms. The fraction of sp³-hybridized carbons (Fsp3) is 0.280. The average Bonchev–Trinajstić information content (AvgIpc) is 3.16. The summed E-state index contributed by atoms with van der Waals surface area (Å²) in [4.78, 5) is 0.460. The van der Waals surface area contributed by atoms with Crippen LogP contribution in [0.3, 0.4) is 0 Å². The van der Waals surface area contributed by atoms with Crippen LogP contribution in [0.2, 0.25) is 0 Å². The highest BCUT2D eigenvalue weighted by molar-refractivity contribution is 8.25. The minimum Gasteiger partial charge on any atom is -0.493 e. The number of hydrogen-bond donors (Lipinski definition) is 3. The van der Waals surface area contributed by atoms with E-state index in [1.54, 1.807) is 51.7 Å². The Kier molecular flexibility index (Phi) is 7.30. The van der Waals surface area contributed by atoms with Crippen molar-refractivity contribution in [3.05, 3.63) is 77.4 Å². The molecule has 0 amide bonds. The Hall–Kier alpha value is -2.76. The normalized spacial score (nSPS) is 17.5. The minimum atomic E-state index is -3.82. The van der Waals surface area contributed by atoms with Crippen LogP contribution in [0.25, 0.3) is 0 Å². The van der Waals surface area contributed by atoms with Gasteiger partial charge in [-0.15, -0.1) is 0 Å². The van der Waals surface area contributed by atoms with Gasteiger partial charge in [-0.3, -0.25) is 9.11 Å². The largest absolute Gasteiger partial charge is 0.493 e. The van der Waals surface area contributed by atoms with Crippen molar-refractivity contribution < 1.29 is 31.7 Å². The summed E-state index contributed by atoms with van der Waals surface area (Å²) in [5.74, 6) is 1.32. The Balaban J connectivity index is 1.63. The standard InChI is InChI=1S/C25H29NO7S2/c1-31-20-12-17(13-21(32-2)25(20)33-3)14-26-15-18-8-7-11-22-24(18)23(16-34(22,27)28)35(29,30)19-9-5-4-6-10-19/h4-13,23,26-28H,14-16H2,1-3H3. The topological polar surface area (TPSA) is 114 Å². The summed E-state index contributed by atoms with van der Waals surface area (Å²) in [5.41, 5.74) is 2.05. The average molecular weight is 520 g/mol. The zero-order valence-corrected chi connectivity index (χ0v) is 21.4. The van der Waals surface area contributed by atoms with Crippen molar-refractivity contribution >= 4 is 20.4 Å². The van der Waals surface area contributed by atoms with E-state index in [1.807, 2.05) is 18.2 Å². The molecular formula is C25H29NO7S2. The van der Waals surface area contributed by atoms with E-state index in [-0.39, 0.29) is 10.6 Å². The molecule has 8 nitrogen and oxygen atoms in total. The molecule has 1 aliphatic rings. The fourth-order valence-electron chi connectivity index (χ4n) is 4.38. The van der Waals surface area contributed by atoms with E-state index in [0.717, 1.165) is 5.56 Å². The second-order valence-electron chi connectivity index (χ2n) is 8.15. The maximum atomic E-state index is 13.5. The second-order valence-corrected chi connectivity index (χ2v) is 12.4. The van der Waals surface area contributed by atoms with Gasteiger partial charge >= 0.3 is 0 Å². The van der Waals surface area contributed by atoms with Crippen molar-refractivity contribution in [2.75, 3.05) is 27.1 Å². The lowest BCUT2D eigenvalue weighted by molar-refractivity contribution is 0.323. The number of fused-ring (bicyclic) bond motifs is 1. The molecule has 0 saturated heterocycles. The molecular weight excluding hydrogens is 490 g/mol. The van der Waals surface area contributed by atoms with Crippen LogP contribution < -0.4 is 19.5 Å². The number of sulfone groups is 1. The van der Waals surface area contributed by atoms with Gasteiger partial charge in [0.1, 0.15) is 5.25 Å². The molecule has 3 aromatic carbocycles. The van der Waals surface area contributed by atoms with E-state index in [0.29, 0.717) is 46.4 Å². The number of benzene rings is 3. The van der Waals surface area contributed by atoms with Crippen LogP contribution in [-0.2, 0) is 22.9 Å². The maximum absolute atomic E-state index is 13.5. The third-order valence-electron chi connectivity index (χ3n) is 6.03. The first-order chi connectivity index (χ1) is 16.7. The molecule has 1 unspecified atom stereocenters. The van der Waals surface area contributed by atoms with Crippen LogP contribution in [0, 0.1) is 0 Å². The molecule has 0 radical (unpaired) electrons. The van der Waals surface area contributed by atoms with Gasteiger partial charge in [0.05, 0.1) is 36.9 Å². The van der Waals surface area contributed by atoms with Gasteiger partial charge in [0.15, 0.2) is 21.3 Å². The Labute approximate surface area is 207 Å². The molecule has 1 heterocycles. The molecule has 4 rings (SSSR count). The molecule has 0 aliphatic carbocycles. The van der Waals surface area contributed by atoms with Crippen molar-refractivity contribution in [3.63, 3.8) is 0 Å². The van der Waals surface area contributed by atoms with Crippen LogP contribution in [0.5, 0.6) is 17.2 Å². The number of hydrogen-bond acceptors (Lipinski definition) is 8. The van der Waals surface area contributed by atoms with Crippen LogP contribution >= 0.6 is 10.6 Å². The third kappa shape index (κ3) is 4.85. The number of ether oxygens (including phenoxy) is 3. The number of methoxy groups -OCH3 is 3. The van der Waals surface area contributed by atoms with Gasteiger partial charge in [-0.05, 0) is 47.0 Å². The van der Waals surface area contributed by atoms with Crippen molar-refractivity contribution in [2.45, 2.75) is 28.1 Å². The van der Waals surface area contributed by atoms with Gasteiger partial charge in [0.25, 0.3) is 0 Å². The highest BCUT2D eigenvalue weighted by atomic mass is 32.3. The fourth-order valence-corrected chi connectivity index (χ4v) is 8.88.